The van der Waals surface area contributed by atoms with Gasteiger partial charge < -0.3 is 10.3 Å². The number of benzene rings is 1. The van der Waals surface area contributed by atoms with E-state index in [-0.39, 0.29) is 12.2 Å². The van der Waals surface area contributed by atoms with Gasteiger partial charge in [0.1, 0.15) is 5.69 Å². The molecule has 0 spiro atoms. The molecule has 1 aromatic carbocycles. The summed E-state index contributed by atoms with van der Waals surface area (Å²) in [6.07, 6.45) is -4.72. The summed E-state index contributed by atoms with van der Waals surface area (Å²) in [4.78, 5) is 17.7. The van der Waals surface area contributed by atoms with E-state index < -0.39 is 23.0 Å². The van der Waals surface area contributed by atoms with Crippen molar-refractivity contribution >= 4 is 17.0 Å². The first-order valence-corrected chi connectivity index (χ1v) is 9.41. The second-order valence-electron chi connectivity index (χ2n) is 6.82. The Kier molecular flexibility index (Phi) is 5.10. The molecule has 0 atom stereocenters. The maximum atomic E-state index is 13.5. The SMILES string of the molecule is Cc1ccc(Cn2c(-c3sc(C)nc3C)cc(C(F)(F)F)c(N)c2=O)c(C)c1. The maximum Gasteiger partial charge on any atom is 0.418 e. The first kappa shape index (κ1) is 20.1. The van der Waals surface area contributed by atoms with E-state index in [0.717, 1.165) is 22.8 Å². The van der Waals surface area contributed by atoms with Gasteiger partial charge >= 0.3 is 6.18 Å². The molecular weight excluding hydrogens is 387 g/mol. The zero-order valence-electron chi connectivity index (χ0n) is 15.9. The molecule has 4 nitrogen and oxygen atoms in total. The number of anilines is 1. The van der Waals surface area contributed by atoms with Crippen LogP contribution in [0.4, 0.5) is 18.9 Å². The zero-order valence-corrected chi connectivity index (χ0v) is 16.8. The third kappa shape index (κ3) is 3.69. The predicted molar refractivity (Wildman–Crippen MR) is 106 cm³/mol. The molecule has 8 heteroatoms. The number of nitrogens with zero attached hydrogens (tertiary/aromatic N) is 2. The average Bonchev–Trinajstić information content (AvgIpc) is 2.91. The lowest BCUT2D eigenvalue weighted by Crippen LogP contribution is -2.29. The molecule has 0 saturated heterocycles. The summed E-state index contributed by atoms with van der Waals surface area (Å²) in [5, 5.41) is 0.711. The molecule has 2 N–H and O–H groups in total. The number of alkyl halides is 3. The van der Waals surface area contributed by atoms with Crippen LogP contribution in [0.3, 0.4) is 0 Å². The van der Waals surface area contributed by atoms with Crippen molar-refractivity contribution in [3.05, 3.63) is 67.6 Å². The molecule has 0 radical (unpaired) electrons. The Bertz CT molecular complexity index is 1110. The van der Waals surface area contributed by atoms with E-state index in [1.165, 1.54) is 15.9 Å². The van der Waals surface area contributed by atoms with Crippen LogP contribution in [0.5, 0.6) is 0 Å². The zero-order chi connectivity index (χ0) is 20.8. The molecular formula is C20H20F3N3OS. The standard InChI is InChI=1S/C20H20F3N3OS/c1-10-5-6-14(11(2)7-10)9-26-16(18-12(3)25-13(4)28-18)8-15(20(21,22)23)17(24)19(26)27/h5-8H,9,24H2,1-4H3. The second-order valence-corrected chi connectivity index (χ2v) is 8.03. The number of halogens is 3. The number of nitrogen functional groups attached to an aromatic ring is 1. The number of pyridine rings is 1. The molecule has 0 aliphatic rings. The van der Waals surface area contributed by atoms with E-state index in [4.69, 9.17) is 5.73 Å². The fourth-order valence-electron chi connectivity index (χ4n) is 3.20. The minimum absolute atomic E-state index is 0.124. The van der Waals surface area contributed by atoms with Gasteiger partial charge in [-0.25, -0.2) is 4.98 Å². The van der Waals surface area contributed by atoms with Gasteiger partial charge in [-0.15, -0.1) is 11.3 Å². The Balaban J connectivity index is 2.30. The number of thiazole rings is 1. The fourth-order valence-corrected chi connectivity index (χ4v) is 4.15. The van der Waals surface area contributed by atoms with Crippen LogP contribution in [0.15, 0.2) is 29.1 Å². The van der Waals surface area contributed by atoms with Gasteiger partial charge in [0, 0.05) is 0 Å². The van der Waals surface area contributed by atoms with Crippen LogP contribution < -0.4 is 11.3 Å². The number of aryl methyl sites for hydroxylation is 4. The van der Waals surface area contributed by atoms with Crippen LogP contribution in [0, 0.1) is 27.7 Å². The fraction of sp³-hybridized carbons (Fsp3) is 0.300. The molecule has 2 heterocycles. The molecule has 0 fully saturated rings. The maximum absolute atomic E-state index is 13.5. The number of rotatable bonds is 3. The smallest absolute Gasteiger partial charge is 0.394 e. The van der Waals surface area contributed by atoms with Gasteiger partial charge in [-0.2, -0.15) is 13.2 Å². The summed E-state index contributed by atoms with van der Waals surface area (Å²) in [6, 6.07) is 6.71. The first-order chi connectivity index (χ1) is 13.0. The highest BCUT2D eigenvalue weighted by atomic mass is 32.1. The van der Waals surface area contributed by atoms with E-state index >= 15 is 0 Å². The van der Waals surface area contributed by atoms with Gasteiger partial charge in [-0.3, -0.25) is 4.79 Å². The summed E-state index contributed by atoms with van der Waals surface area (Å²) in [7, 11) is 0. The first-order valence-electron chi connectivity index (χ1n) is 8.60. The Labute approximate surface area is 164 Å². The van der Waals surface area contributed by atoms with Crippen molar-refractivity contribution in [1.82, 2.24) is 9.55 Å². The van der Waals surface area contributed by atoms with E-state index in [1.807, 2.05) is 32.0 Å². The molecule has 148 valence electrons. The van der Waals surface area contributed by atoms with Crippen molar-refractivity contribution in [1.29, 1.82) is 0 Å². The van der Waals surface area contributed by atoms with Crippen LogP contribution in [-0.4, -0.2) is 9.55 Å². The predicted octanol–water partition coefficient (Wildman–Crippen LogP) is 4.85. The Morgan fingerprint density at radius 3 is 2.36 bits per heavy atom. The molecule has 0 aliphatic carbocycles. The van der Waals surface area contributed by atoms with E-state index in [1.54, 1.807) is 13.8 Å². The van der Waals surface area contributed by atoms with Gasteiger partial charge in [0.15, 0.2) is 0 Å². The highest BCUT2D eigenvalue weighted by Crippen LogP contribution is 2.37. The van der Waals surface area contributed by atoms with Crippen LogP contribution in [0.1, 0.15) is 33.0 Å². The Morgan fingerprint density at radius 1 is 1.14 bits per heavy atom. The van der Waals surface area contributed by atoms with E-state index in [0.29, 0.717) is 15.6 Å². The lowest BCUT2D eigenvalue weighted by Gasteiger charge is -2.18. The highest BCUT2D eigenvalue weighted by molar-refractivity contribution is 7.15. The van der Waals surface area contributed by atoms with Crippen LogP contribution >= 0.6 is 11.3 Å². The normalized spacial score (nSPS) is 11.8. The van der Waals surface area contributed by atoms with Crippen LogP contribution in [-0.2, 0) is 12.7 Å². The monoisotopic (exact) mass is 407 g/mol. The molecule has 0 saturated carbocycles. The average molecular weight is 407 g/mol. The molecule has 3 rings (SSSR count). The van der Waals surface area contributed by atoms with E-state index in [9.17, 15) is 18.0 Å². The molecule has 0 bridgehead atoms. The van der Waals surface area contributed by atoms with Gasteiger partial charge in [-0.05, 0) is 44.9 Å². The largest absolute Gasteiger partial charge is 0.418 e. The number of nitrogens with two attached hydrogens (primary N) is 1. The van der Waals surface area contributed by atoms with Crippen LogP contribution in [0.2, 0.25) is 0 Å². The second kappa shape index (κ2) is 7.09. The molecule has 2 aromatic heterocycles. The van der Waals surface area contributed by atoms with Crippen molar-refractivity contribution in [2.45, 2.75) is 40.4 Å². The topological polar surface area (TPSA) is 60.9 Å². The quantitative estimate of drug-likeness (QED) is 0.675. The van der Waals surface area contributed by atoms with Gasteiger partial charge in [-0.1, -0.05) is 23.8 Å². The summed E-state index contributed by atoms with van der Waals surface area (Å²) in [6.45, 7) is 7.47. The van der Waals surface area contributed by atoms with Crippen molar-refractivity contribution in [3.63, 3.8) is 0 Å². The van der Waals surface area contributed by atoms with Crippen molar-refractivity contribution in [2.75, 3.05) is 5.73 Å². The Hall–Kier alpha value is -2.61. The lowest BCUT2D eigenvalue weighted by molar-refractivity contribution is -0.137. The third-order valence-corrected chi connectivity index (χ3v) is 5.70. The minimum Gasteiger partial charge on any atom is -0.394 e. The summed E-state index contributed by atoms with van der Waals surface area (Å²) < 4.78 is 41.7. The lowest BCUT2D eigenvalue weighted by atomic mass is 10.0. The summed E-state index contributed by atoms with van der Waals surface area (Å²) >= 11 is 1.25. The van der Waals surface area contributed by atoms with Gasteiger partial charge in [0.25, 0.3) is 5.56 Å². The minimum atomic E-state index is -4.72. The van der Waals surface area contributed by atoms with Crippen molar-refractivity contribution < 1.29 is 13.2 Å². The number of hydrogen-bond donors (Lipinski definition) is 1. The molecule has 3 aromatic rings. The van der Waals surface area contributed by atoms with Crippen molar-refractivity contribution in [3.8, 4) is 10.6 Å². The van der Waals surface area contributed by atoms with Gasteiger partial charge in [0.05, 0.1) is 33.4 Å². The summed E-state index contributed by atoms with van der Waals surface area (Å²) in [5.41, 5.74) is 6.46. The summed E-state index contributed by atoms with van der Waals surface area (Å²) in [5.74, 6) is 0. The third-order valence-electron chi connectivity index (χ3n) is 4.61. The molecule has 0 aliphatic heterocycles. The van der Waals surface area contributed by atoms with E-state index in [2.05, 4.69) is 4.98 Å². The molecule has 28 heavy (non-hydrogen) atoms. The highest BCUT2D eigenvalue weighted by Gasteiger charge is 2.36. The number of hydrogen-bond acceptors (Lipinski definition) is 4. The number of aromatic nitrogens is 2. The van der Waals surface area contributed by atoms with Crippen LogP contribution in [0.25, 0.3) is 10.6 Å². The van der Waals surface area contributed by atoms with Gasteiger partial charge in [0.2, 0.25) is 0 Å². The van der Waals surface area contributed by atoms with Crippen molar-refractivity contribution in [2.24, 2.45) is 0 Å². The Morgan fingerprint density at radius 2 is 1.82 bits per heavy atom. The molecule has 0 unspecified atom stereocenters. The molecule has 0 amide bonds.